The molecule has 0 amide bonds. The molecule has 20 heavy (non-hydrogen) atoms. The van der Waals surface area contributed by atoms with Gasteiger partial charge in [0.05, 0.1) is 27.8 Å². The zero-order valence-electron chi connectivity index (χ0n) is 10.8. The second-order valence-electron chi connectivity index (χ2n) is 4.27. The molecule has 0 aliphatic rings. The summed E-state index contributed by atoms with van der Waals surface area (Å²) in [7, 11) is -2.13. The van der Waals surface area contributed by atoms with E-state index in [1.54, 1.807) is 18.3 Å². The Morgan fingerprint density at radius 2 is 2.05 bits per heavy atom. The molecule has 2 rings (SSSR count). The Balaban J connectivity index is 2.27. The maximum Gasteiger partial charge on any atom is 0.243 e. The fraction of sp³-hybridized carbons (Fsp3) is 0.154. The number of aromatic nitrogens is 1. The number of nitrogens with zero attached hydrogens (tertiary/aromatic N) is 2. The van der Waals surface area contributed by atoms with Crippen LogP contribution in [-0.4, -0.2) is 24.8 Å². The van der Waals surface area contributed by atoms with Gasteiger partial charge in [-0.05, 0) is 30.3 Å². The Morgan fingerprint density at radius 3 is 2.65 bits per heavy atom. The van der Waals surface area contributed by atoms with E-state index in [1.807, 2.05) is 6.07 Å². The van der Waals surface area contributed by atoms with Crippen LogP contribution in [0.2, 0.25) is 5.02 Å². The molecule has 0 aliphatic heterocycles. The van der Waals surface area contributed by atoms with Crippen LogP contribution in [0, 0.1) is 0 Å². The van der Waals surface area contributed by atoms with E-state index >= 15 is 0 Å². The molecule has 0 radical (unpaired) electrons. The van der Waals surface area contributed by atoms with Gasteiger partial charge in [-0.1, -0.05) is 17.7 Å². The minimum atomic E-state index is -3.62. The van der Waals surface area contributed by atoms with Crippen LogP contribution in [0.25, 0.3) is 0 Å². The third-order valence-corrected chi connectivity index (χ3v) is 4.92. The van der Waals surface area contributed by atoms with Gasteiger partial charge in [0, 0.05) is 13.2 Å². The number of benzene rings is 1. The number of nitrogen functional groups attached to an aromatic ring is 1. The quantitative estimate of drug-likeness (QED) is 0.878. The Labute approximate surface area is 123 Å². The fourth-order valence-corrected chi connectivity index (χ4v) is 3.07. The molecule has 1 aromatic heterocycles. The van der Waals surface area contributed by atoms with E-state index in [0.29, 0.717) is 11.4 Å². The van der Waals surface area contributed by atoms with E-state index in [-0.39, 0.29) is 16.5 Å². The first-order chi connectivity index (χ1) is 9.41. The van der Waals surface area contributed by atoms with Gasteiger partial charge in [0.2, 0.25) is 10.0 Å². The van der Waals surface area contributed by atoms with Crippen molar-refractivity contribution in [3.8, 4) is 0 Å². The summed E-state index contributed by atoms with van der Waals surface area (Å²) < 4.78 is 26.0. The van der Waals surface area contributed by atoms with E-state index in [0.717, 1.165) is 0 Å². The molecule has 1 aromatic carbocycles. The molecule has 0 spiro atoms. The normalized spacial score (nSPS) is 11.8. The molecule has 0 bridgehead atoms. The van der Waals surface area contributed by atoms with Crippen molar-refractivity contribution >= 4 is 27.3 Å². The second kappa shape index (κ2) is 5.78. The fourth-order valence-electron chi connectivity index (χ4n) is 1.65. The highest BCUT2D eigenvalue weighted by molar-refractivity contribution is 7.89. The van der Waals surface area contributed by atoms with Gasteiger partial charge in [0.25, 0.3) is 0 Å². The third kappa shape index (κ3) is 3.09. The van der Waals surface area contributed by atoms with E-state index in [2.05, 4.69) is 4.98 Å². The highest BCUT2D eigenvalue weighted by atomic mass is 35.5. The SMILES string of the molecule is CN(Cc1ccccn1)S(=O)(=O)c1ccc(N)c(Cl)c1. The number of pyridine rings is 1. The molecule has 2 N–H and O–H groups in total. The summed E-state index contributed by atoms with van der Waals surface area (Å²) in [6.45, 7) is 0.186. The first-order valence-electron chi connectivity index (χ1n) is 5.82. The van der Waals surface area contributed by atoms with Gasteiger partial charge in [0.15, 0.2) is 0 Å². The monoisotopic (exact) mass is 311 g/mol. The molecule has 0 saturated carbocycles. The van der Waals surface area contributed by atoms with Crippen molar-refractivity contribution in [2.75, 3.05) is 12.8 Å². The van der Waals surface area contributed by atoms with Crippen LogP contribution in [0.5, 0.6) is 0 Å². The van der Waals surface area contributed by atoms with Gasteiger partial charge in [-0.15, -0.1) is 0 Å². The number of anilines is 1. The van der Waals surface area contributed by atoms with Crippen molar-refractivity contribution in [1.82, 2.24) is 9.29 Å². The van der Waals surface area contributed by atoms with Crippen LogP contribution in [0.4, 0.5) is 5.69 Å². The Hall–Kier alpha value is -1.63. The van der Waals surface area contributed by atoms with Crippen LogP contribution in [-0.2, 0) is 16.6 Å². The summed E-state index contributed by atoms with van der Waals surface area (Å²) in [6, 6.07) is 9.61. The summed E-state index contributed by atoms with van der Waals surface area (Å²) in [5, 5.41) is 0.220. The van der Waals surface area contributed by atoms with Crippen molar-refractivity contribution in [1.29, 1.82) is 0 Å². The molecule has 0 unspecified atom stereocenters. The van der Waals surface area contributed by atoms with Crippen LogP contribution in [0.15, 0.2) is 47.5 Å². The first kappa shape index (κ1) is 14.8. The van der Waals surface area contributed by atoms with Crippen molar-refractivity contribution in [2.24, 2.45) is 0 Å². The molecule has 5 nitrogen and oxygen atoms in total. The average Bonchev–Trinajstić information content (AvgIpc) is 2.42. The Kier molecular flexibility index (Phi) is 4.27. The summed E-state index contributed by atoms with van der Waals surface area (Å²) in [4.78, 5) is 4.21. The average molecular weight is 312 g/mol. The second-order valence-corrected chi connectivity index (χ2v) is 6.72. The van der Waals surface area contributed by atoms with Crippen LogP contribution < -0.4 is 5.73 Å². The van der Waals surface area contributed by atoms with Gasteiger partial charge in [-0.2, -0.15) is 4.31 Å². The highest BCUT2D eigenvalue weighted by Gasteiger charge is 2.21. The van der Waals surface area contributed by atoms with Gasteiger partial charge in [-0.3, -0.25) is 4.98 Å². The van der Waals surface area contributed by atoms with Crippen LogP contribution in [0.3, 0.4) is 0 Å². The van der Waals surface area contributed by atoms with Gasteiger partial charge in [-0.25, -0.2) is 8.42 Å². The van der Waals surface area contributed by atoms with E-state index in [1.165, 1.54) is 29.6 Å². The molecule has 1 heterocycles. The number of sulfonamides is 1. The van der Waals surface area contributed by atoms with Crippen molar-refractivity contribution in [2.45, 2.75) is 11.4 Å². The third-order valence-electron chi connectivity index (χ3n) is 2.79. The minimum absolute atomic E-state index is 0.107. The van der Waals surface area contributed by atoms with Crippen molar-refractivity contribution in [3.63, 3.8) is 0 Å². The number of hydrogen-bond acceptors (Lipinski definition) is 4. The smallest absolute Gasteiger partial charge is 0.243 e. The molecule has 0 aliphatic carbocycles. The molecule has 0 fully saturated rings. The molecule has 0 atom stereocenters. The minimum Gasteiger partial charge on any atom is -0.398 e. The van der Waals surface area contributed by atoms with Gasteiger partial charge < -0.3 is 5.73 Å². The zero-order chi connectivity index (χ0) is 14.8. The number of rotatable bonds is 4. The maximum atomic E-state index is 12.4. The molecule has 0 saturated heterocycles. The molecule has 7 heteroatoms. The Morgan fingerprint density at radius 1 is 1.30 bits per heavy atom. The highest BCUT2D eigenvalue weighted by Crippen LogP contribution is 2.24. The molecule has 106 valence electrons. The molecule has 2 aromatic rings. The van der Waals surface area contributed by atoms with Gasteiger partial charge >= 0.3 is 0 Å². The lowest BCUT2D eigenvalue weighted by Gasteiger charge is -2.17. The van der Waals surface area contributed by atoms with Gasteiger partial charge in [0.1, 0.15) is 0 Å². The predicted molar refractivity (Wildman–Crippen MR) is 78.8 cm³/mol. The van der Waals surface area contributed by atoms with E-state index < -0.39 is 10.0 Å². The summed E-state index contributed by atoms with van der Waals surface area (Å²) >= 11 is 5.86. The summed E-state index contributed by atoms with van der Waals surface area (Å²) in [6.07, 6.45) is 1.62. The lowest BCUT2D eigenvalue weighted by molar-refractivity contribution is 0.462. The van der Waals surface area contributed by atoms with E-state index in [4.69, 9.17) is 17.3 Å². The lowest BCUT2D eigenvalue weighted by atomic mass is 10.3. The van der Waals surface area contributed by atoms with Crippen molar-refractivity contribution < 1.29 is 8.42 Å². The lowest BCUT2D eigenvalue weighted by Crippen LogP contribution is -2.26. The summed E-state index contributed by atoms with van der Waals surface area (Å²) in [5.41, 5.74) is 6.59. The molecular formula is C13H14ClN3O2S. The first-order valence-corrected chi connectivity index (χ1v) is 7.64. The van der Waals surface area contributed by atoms with Crippen LogP contribution >= 0.6 is 11.6 Å². The standard InChI is InChI=1S/C13H14ClN3O2S/c1-17(9-10-4-2-3-7-16-10)20(18,19)11-5-6-13(15)12(14)8-11/h2-8H,9,15H2,1H3. The predicted octanol–water partition coefficient (Wildman–Crippen LogP) is 2.14. The maximum absolute atomic E-state index is 12.4. The number of halogens is 1. The Bertz CT molecular complexity index is 705. The molecular weight excluding hydrogens is 298 g/mol. The topological polar surface area (TPSA) is 76.3 Å². The van der Waals surface area contributed by atoms with Crippen LogP contribution in [0.1, 0.15) is 5.69 Å². The number of nitrogens with two attached hydrogens (primary N) is 1. The summed E-state index contributed by atoms with van der Waals surface area (Å²) in [5.74, 6) is 0. The van der Waals surface area contributed by atoms with Crippen molar-refractivity contribution in [3.05, 3.63) is 53.3 Å². The number of hydrogen-bond donors (Lipinski definition) is 1. The zero-order valence-corrected chi connectivity index (χ0v) is 12.4. The van der Waals surface area contributed by atoms with E-state index in [9.17, 15) is 8.42 Å². The largest absolute Gasteiger partial charge is 0.398 e.